The molecule has 1 aliphatic heterocycles. The highest BCUT2D eigenvalue weighted by Crippen LogP contribution is 2.32. The SMILES string of the molecule is C[C@H]1OCCN[C@@H]1C(=O)Nc1cc(C2CCCCC2)nn1C. The third-order valence-electron chi connectivity index (χ3n) is 4.77. The summed E-state index contributed by atoms with van der Waals surface area (Å²) in [7, 11) is 1.89. The molecule has 1 saturated heterocycles. The first kappa shape index (κ1) is 15.5. The maximum Gasteiger partial charge on any atom is 0.245 e. The summed E-state index contributed by atoms with van der Waals surface area (Å²) >= 11 is 0. The Bertz CT molecular complexity index is 522. The summed E-state index contributed by atoms with van der Waals surface area (Å²) < 4.78 is 7.31. The molecule has 1 saturated carbocycles. The Morgan fingerprint density at radius 2 is 2.18 bits per heavy atom. The van der Waals surface area contributed by atoms with Gasteiger partial charge in [0.05, 0.1) is 18.4 Å². The third-order valence-corrected chi connectivity index (χ3v) is 4.77. The van der Waals surface area contributed by atoms with Crippen LogP contribution in [0.2, 0.25) is 0 Å². The Morgan fingerprint density at radius 1 is 1.41 bits per heavy atom. The maximum atomic E-state index is 12.4. The molecule has 1 aromatic rings. The van der Waals surface area contributed by atoms with E-state index >= 15 is 0 Å². The molecule has 3 rings (SSSR count). The first-order valence-corrected chi connectivity index (χ1v) is 8.35. The molecule has 1 aliphatic carbocycles. The molecule has 0 radical (unpaired) electrons. The number of hydrogen-bond acceptors (Lipinski definition) is 4. The summed E-state index contributed by atoms with van der Waals surface area (Å²) in [4.78, 5) is 12.4. The minimum Gasteiger partial charge on any atom is -0.375 e. The molecule has 0 bridgehead atoms. The highest BCUT2D eigenvalue weighted by molar-refractivity contribution is 5.94. The van der Waals surface area contributed by atoms with Crippen molar-refractivity contribution in [1.82, 2.24) is 15.1 Å². The maximum absolute atomic E-state index is 12.4. The van der Waals surface area contributed by atoms with E-state index in [1.165, 1.54) is 32.1 Å². The molecule has 6 nitrogen and oxygen atoms in total. The fraction of sp³-hybridized carbons (Fsp3) is 0.750. The lowest BCUT2D eigenvalue weighted by Gasteiger charge is -2.29. The number of anilines is 1. The molecule has 22 heavy (non-hydrogen) atoms. The highest BCUT2D eigenvalue weighted by Gasteiger charge is 2.29. The van der Waals surface area contributed by atoms with Gasteiger partial charge < -0.3 is 15.4 Å². The van der Waals surface area contributed by atoms with E-state index in [0.717, 1.165) is 11.5 Å². The van der Waals surface area contributed by atoms with Gasteiger partial charge in [-0.25, -0.2) is 0 Å². The van der Waals surface area contributed by atoms with Gasteiger partial charge in [0, 0.05) is 25.6 Å². The van der Waals surface area contributed by atoms with Gasteiger partial charge in [-0.05, 0) is 19.8 Å². The van der Waals surface area contributed by atoms with E-state index in [4.69, 9.17) is 4.74 Å². The summed E-state index contributed by atoms with van der Waals surface area (Å²) in [5, 5.41) is 10.8. The van der Waals surface area contributed by atoms with Crippen LogP contribution in [0.25, 0.3) is 0 Å². The Balaban J connectivity index is 1.66. The van der Waals surface area contributed by atoms with E-state index in [0.29, 0.717) is 19.1 Å². The number of hydrogen-bond donors (Lipinski definition) is 2. The van der Waals surface area contributed by atoms with E-state index in [1.54, 1.807) is 4.68 Å². The second-order valence-electron chi connectivity index (χ2n) is 6.41. The topological polar surface area (TPSA) is 68.2 Å². The number of carbonyl (C=O) groups is 1. The van der Waals surface area contributed by atoms with Gasteiger partial charge in [0.2, 0.25) is 5.91 Å². The molecule has 2 fully saturated rings. The summed E-state index contributed by atoms with van der Waals surface area (Å²) in [6.07, 6.45) is 6.20. The Kier molecular flexibility index (Phi) is 4.78. The van der Waals surface area contributed by atoms with E-state index < -0.39 is 0 Å². The van der Waals surface area contributed by atoms with Crippen molar-refractivity contribution < 1.29 is 9.53 Å². The molecular formula is C16H26N4O2. The normalized spacial score (nSPS) is 26.8. The summed E-state index contributed by atoms with van der Waals surface area (Å²) in [6.45, 7) is 3.29. The van der Waals surface area contributed by atoms with Crippen molar-refractivity contribution in [2.24, 2.45) is 7.05 Å². The van der Waals surface area contributed by atoms with Crippen LogP contribution < -0.4 is 10.6 Å². The molecule has 122 valence electrons. The third kappa shape index (κ3) is 3.33. The van der Waals surface area contributed by atoms with Crippen molar-refractivity contribution in [2.45, 2.75) is 57.1 Å². The highest BCUT2D eigenvalue weighted by atomic mass is 16.5. The van der Waals surface area contributed by atoms with Crippen molar-refractivity contribution in [2.75, 3.05) is 18.5 Å². The number of amides is 1. The summed E-state index contributed by atoms with van der Waals surface area (Å²) in [5.41, 5.74) is 1.11. The minimum atomic E-state index is -0.304. The Hall–Kier alpha value is -1.40. The standard InChI is InChI=1S/C16H26N4O2/c1-11-15(17-8-9-22-11)16(21)18-14-10-13(19-20(14)2)12-6-4-3-5-7-12/h10-12,15,17H,3-9H2,1-2H3,(H,18,21)/t11-,15+/m1/s1. The van der Waals surface area contributed by atoms with Crippen LogP contribution in [-0.2, 0) is 16.6 Å². The summed E-state index contributed by atoms with van der Waals surface area (Å²) in [5.74, 6) is 1.26. The minimum absolute atomic E-state index is 0.0506. The smallest absolute Gasteiger partial charge is 0.245 e. The number of rotatable bonds is 3. The Labute approximate surface area is 131 Å². The first-order valence-electron chi connectivity index (χ1n) is 8.35. The molecule has 0 spiro atoms. The zero-order valence-electron chi connectivity index (χ0n) is 13.5. The molecule has 2 aliphatic rings. The van der Waals surface area contributed by atoms with Gasteiger partial charge in [-0.2, -0.15) is 5.10 Å². The quantitative estimate of drug-likeness (QED) is 0.893. The fourth-order valence-corrected chi connectivity index (χ4v) is 3.44. The van der Waals surface area contributed by atoms with Crippen LogP contribution in [0.4, 0.5) is 5.82 Å². The second-order valence-corrected chi connectivity index (χ2v) is 6.41. The van der Waals surface area contributed by atoms with E-state index in [2.05, 4.69) is 15.7 Å². The van der Waals surface area contributed by atoms with Crippen molar-refractivity contribution >= 4 is 11.7 Å². The molecule has 2 N–H and O–H groups in total. The van der Waals surface area contributed by atoms with E-state index in [-0.39, 0.29) is 18.1 Å². The zero-order valence-corrected chi connectivity index (χ0v) is 13.5. The van der Waals surface area contributed by atoms with Gasteiger partial charge in [0.15, 0.2) is 0 Å². The van der Waals surface area contributed by atoms with Gasteiger partial charge in [-0.15, -0.1) is 0 Å². The van der Waals surface area contributed by atoms with Crippen LogP contribution in [0.1, 0.15) is 50.6 Å². The molecule has 0 unspecified atom stereocenters. The summed E-state index contributed by atoms with van der Waals surface area (Å²) in [6, 6.07) is 1.73. The molecule has 0 aromatic carbocycles. The second kappa shape index (κ2) is 6.79. The largest absolute Gasteiger partial charge is 0.375 e. The van der Waals surface area contributed by atoms with Crippen LogP contribution in [0, 0.1) is 0 Å². The lowest BCUT2D eigenvalue weighted by molar-refractivity contribution is -0.123. The van der Waals surface area contributed by atoms with Gasteiger partial charge >= 0.3 is 0 Å². The van der Waals surface area contributed by atoms with Crippen molar-refractivity contribution in [1.29, 1.82) is 0 Å². The number of nitrogens with one attached hydrogen (secondary N) is 2. The lowest BCUT2D eigenvalue weighted by Crippen LogP contribution is -2.53. The van der Waals surface area contributed by atoms with Gasteiger partial charge in [-0.1, -0.05) is 19.3 Å². The van der Waals surface area contributed by atoms with Crippen molar-refractivity contribution in [3.05, 3.63) is 11.8 Å². The van der Waals surface area contributed by atoms with Crippen molar-refractivity contribution in [3.63, 3.8) is 0 Å². The Morgan fingerprint density at radius 3 is 2.91 bits per heavy atom. The van der Waals surface area contributed by atoms with Crippen LogP contribution in [-0.4, -0.2) is 41.0 Å². The fourth-order valence-electron chi connectivity index (χ4n) is 3.44. The molecule has 1 aromatic heterocycles. The van der Waals surface area contributed by atoms with Gasteiger partial charge in [0.25, 0.3) is 0 Å². The molecule has 6 heteroatoms. The first-order chi connectivity index (χ1) is 10.6. The number of carbonyl (C=O) groups excluding carboxylic acids is 1. The molecule has 2 heterocycles. The number of aryl methyl sites for hydroxylation is 1. The average Bonchev–Trinajstić information content (AvgIpc) is 2.89. The number of nitrogens with zero attached hydrogens (tertiary/aromatic N) is 2. The monoisotopic (exact) mass is 306 g/mol. The van der Waals surface area contributed by atoms with Crippen LogP contribution in [0.15, 0.2) is 6.07 Å². The zero-order chi connectivity index (χ0) is 15.5. The molecular weight excluding hydrogens is 280 g/mol. The predicted molar refractivity (Wildman–Crippen MR) is 84.9 cm³/mol. The van der Waals surface area contributed by atoms with Gasteiger partial charge in [-0.3, -0.25) is 9.48 Å². The average molecular weight is 306 g/mol. The van der Waals surface area contributed by atoms with E-state index in [1.807, 2.05) is 20.0 Å². The number of aromatic nitrogens is 2. The van der Waals surface area contributed by atoms with Crippen LogP contribution in [0.3, 0.4) is 0 Å². The van der Waals surface area contributed by atoms with E-state index in [9.17, 15) is 4.79 Å². The molecule has 2 atom stereocenters. The number of morpholine rings is 1. The van der Waals surface area contributed by atoms with Gasteiger partial charge in [0.1, 0.15) is 11.9 Å². The predicted octanol–water partition coefficient (Wildman–Crippen LogP) is 1.78. The van der Waals surface area contributed by atoms with Crippen LogP contribution >= 0.6 is 0 Å². The number of ether oxygens (including phenoxy) is 1. The van der Waals surface area contributed by atoms with Crippen molar-refractivity contribution in [3.8, 4) is 0 Å². The molecule has 1 amide bonds. The lowest BCUT2D eigenvalue weighted by atomic mass is 9.87. The van der Waals surface area contributed by atoms with Crippen LogP contribution in [0.5, 0.6) is 0 Å².